The lowest BCUT2D eigenvalue weighted by Gasteiger charge is -2.18. The number of rotatable bonds is 51. The van der Waals surface area contributed by atoms with Gasteiger partial charge in [-0.15, -0.1) is 0 Å². The Morgan fingerprint density at radius 2 is 0.623 bits per heavy atom. The monoisotopic (exact) mass is 959 g/mol. The van der Waals surface area contributed by atoms with E-state index in [1.165, 1.54) is 103 Å². The first-order chi connectivity index (χ1) is 34.0. The topological polar surface area (TPSA) is 78.9 Å². The molecule has 0 bridgehead atoms. The first kappa shape index (κ1) is 65.3. The smallest absolute Gasteiger partial charge is 0.306 e. The molecule has 69 heavy (non-hydrogen) atoms. The second-order valence-electron chi connectivity index (χ2n) is 18.8. The number of ether oxygens (including phenoxy) is 3. The third kappa shape index (κ3) is 55.1. The van der Waals surface area contributed by atoms with Crippen LogP contribution in [0.25, 0.3) is 0 Å². The highest BCUT2D eigenvalue weighted by Crippen LogP contribution is 2.15. The summed E-state index contributed by atoms with van der Waals surface area (Å²) in [5.74, 6) is -0.922. The fourth-order valence-electron chi connectivity index (χ4n) is 7.85. The van der Waals surface area contributed by atoms with Crippen LogP contribution >= 0.6 is 0 Å². The van der Waals surface area contributed by atoms with Gasteiger partial charge in [0.25, 0.3) is 0 Å². The maximum atomic E-state index is 12.9. The van der Waals surface area contributed by atoms with Crippen molar-refractivity contribution >= 4 is 17.9 Å². The normalized spacial score (nSPS) is 12.8. The van der Waals surface area contributed by atoms with Gasteiger partial charge in [0.15, 0.2) is 6.10 Å². The van der Waals surface area contributed by atoms with Crippen molar-refractivity contribution in [3.63, 3.8) is 0 Å². The predicted octanol–water partition coefficient (Wildman–Crippen LogP) is 19.3. The van der Waals surface area contributed by atoms with E-state index in [4.69, 9.17) is 14.2 Å². The zero-order valence-electron chi connectivity index (χ0n) is 45.0. The van der Waals surface area contributed by atoms with Crippen LogP contribution in [0.5, 0.6) is 0 Å². The van der Waals surface area contributed by atoms with Crippen molar-refractivity contribution < 1.29 is 28.6 Å². The van der Waals surface area contributed by atoms with Gasteiger partial charge in [-0.1, -0.05) is 240 Å². The summed E-state index contributed by atoms with van der Waals surface area (Å²) >= 11 is 0. The Balaban J connectivity index is 4.43. The van der Waals surface area contributed by atoms with Crippen LogP contribution in [0.1, 0.15) is 265 Å². The summed E-state index contributed by atoms with van der Waals surface area (Å²) in [4.78, 5) is 38.2. The largest absolute Gasteiger partial charge is 0.462 e. The Morgan fingerprint density at radius 3 is 1.00 bits per heavy atom. The van der Waals surface area contributed by atoms with E-state index >= 15 is 0 Å². The first-order valence-corrected chi connectivity index (χ1v) is 28.8. The lowest BCUT2D eigenvalue weighted by Crippen LogP contribution is -2.30. The third-order valence-corrected chi connectivity index (χ3v) is 12.1. The molecule has 0 heterocycles. The lowest BCUT2D eigenvalue weighted by molar-refractivity contribution is -0.167. The molecule has 0 aliphatic carbocycles. The van der Waals surface area contributed by atoms with E-state index in [-0.39, 0.29) is 31.1 Å². The highest BCUT2D eigenvalue weighted by atomic mass is 16.6. The van der Waals surface area contributed by atoms with Crippen molar-refractivity contribution in [2.24, 2.45) is 0 Å². The molecule has 1 unspecified atom stereocenters. The Morgan fingerprint density at radius 1 is 0.319 bits per heavy atom. The Hall–Kier alpha value is -3.67. The molecule has 1 atom stereocenters. The quantitative estimate of drug-likeness (QED) is 0.0199. The van der Waals surface area contributed by atoms with Crippen LogP contribution in [0.3, 0.4) is 0 Å². The van der Waals surface area contributed by atoms with Crippen LogP contribution in [0, 0.1) is 0 Å². The zero-order valence-corrected chi connectivity index (χ0v) is 45.0. The van der Waals surface area contributed by atoms with Gasteiger partial charge in [-0.2, -0.15) is 0 Å². The molecule has 0 saturated carbocycles. The molecule has 6 heteroatoms. The zero-order chi connectivity index (χ0) is 50.0. The number of allylic oxidation sites excluding steroid dienone is 16. The second-order valence-corrected chi connectivity index (χ2v) is 18.8. The Kier molecular flexibility index (Phi) is 53.9. The minimum atomic E-state index is -0.795. The van der Waals surface area contributed by atoms with E-state index < -0.39 is 6.10 Å². The number of esters is 3. The molecular formula is C63H106O6. The van der Waals surface area contributed by atoms with Gasteiger partial charge < -0.3 is 14.2 Å². The molecular weight excluding hydrogens is 853 g/mol. The summed E-state index contributed by atoms with van der Waals surface area (Å²) in [5, 5.41) is 0. The van der Waals surface area contributed by atoms with Crippen LogP contribution in [0.15, 0.2) is 97.2 Å². The van der Waals surface area contributed by atoms with Crippen LogP contribution in [-0.4, -0.2) is 37.2 Å². The number of hydrogen-bond acceptors (Lipinski definition) is 6. The number of carbonyl (C=O) groups is 3. The summed E-state index contributed by atoms with van der Waals surface area (Å²) in [6.07, 6.45) is 75.3. The van der Waals surface area contributed by atoms with E-state index in [0.717, 1.165) is 122 Å². The molecule has 0 aromatic rings. The van der Waals surface area contributed by atoms with Crippen LogP contribution in [0.2, 0.25) is 0 Å². The van der Waals surface area contributed by atoms with E-state index in [2.05, 4.69) is 118 Å². The van der Waals surface area contributed by atoms with Crippen LogP contribution < -0.4 is 0 Å². The minimum absolute atomic E-state index is 0.0918. The molecule has 0 aliphatic rings. The van der Waals surface area contributed by atoms with Gasteiger partial charge in [0.2, 0.25) is 0 Å². The third-order valence-electron chi connectivity index (χ3n) is 12.1. The summed E-state index contributed by atoms with van der Waals surface area (Å²) in [7, 11) is 0. The molecule has 0 aromatic carbocycles. The fourth-order valence-corrected chi connectivity index (χ4v) is 7.85. The molecule has 0 radical (unpaired) electrons. The molecule has 0 rings (SSSR count). The average Bonchev–Trinajstić information content (AvgIpc) is 3.35. The molecule has 0 N–H and O–H groups in total. The maximum absolute atomic E-state index is 12.9. The lowest BCUT2D eigenvalue weighted by atomic mass is 10.1. The predicted molar refractivity (Wildman–Crippen MR) is 297 cm³/mol. The van der Waals surface area contributed by atoms with Crippen molar-refractivity contribution in [1.82, 2.24) is 0 Å². The van der Waals surface area contributed by atoms with Crippen molar-refractivity contribution in [1.29, 1.82) is 0 Å². The molecule has 0 spiro atoms. The van der Waals surface area contributed by atoms with Crippen molar-refractivity contribution in [2.45, 2.75) is 271 Å². The Bertz CT molecular complexity index is 1380. The molecule has 0 aromatic heterocycles. The molecule has 6 nitrogen and oxygen atoms in total. The molecule has 0 fully saturated rings. The number of hydrogen-bond donors (Lipinski definition) is 0. The average molecular weight is 960 g/mol. The van der Waals surface area contributed by atoms with Gasteiger partial charge in [-0.25, -0.2) is 0 Å². The second kappa shape index (κ2) is 56.9. The SMILES string of the molecule is CC/C=C\C/C=C\C/C=C\CCCCCCCCCCCC(=O)OCC(COC(=O)CCCCCCCCC/C=C\C/C=C\CC)OC(=O)CCCCCCC\C=C/C=C\C=C/CCCCCCC. The summed E-state index contributed by atoms with van der Waals surface area (Å²) in [6, 6.07) is 0. The van der Waals surface area contributed by atoms with Crippen molar-refractivity contribution in [3.05, 3.63) is 97.2 Å². The summed E-state index contributed by atoms with van der Waals surface area (Å²) in [6.45, 7) is 6.39. The molecule has 394 valence electrons. The molecule has 0 saturated heterocycles. The van der Waals surface area contributed by atoms with Gasteiger partial charge in [-0.3, -0.25) is 14.4 Å². The number of carbonyl (C=O) groups excluding carboxylic acids is 3. The number of unbranched alkanes of at least 4 members (excludes halogenated alkanes) is 26. The van der Waals surface area contributed by atoms with E-state index in [9.17, 15) is 14.4 Å². The van der Waals surface area contributed by atoms with Crippen LogP contribution in [0.4, 0.5) is 0 Å². The van der Waals surface area contributed by atoms with Gasteiger partial charge in [-0.05, 0) is 103 Å². The van der Waals surface area contributed by atoms with Crippen molar-refractivity contribution in [3.8, 4) is 0 Å². The standard InChI is InChI=1S/C63H106O6/c1-4-7-10-13-16-19-22-25-28-30-32-34-35-38-41-44-47-50-53-56-62(65)68-59-60(58-67-61(64)55-52-49-46-43-40-37-27-24-21-18-15-12-9-6-3)69-63(66)57-54-51-48-45-42-39-36-33-31-29-26-23-20-17-14-11-8-5-2/h7,9-10,12,16,18-19,21,23,25-26,28-29,31,33,36,60H,4-6,8,11,13-15,17,20,22,24,27,30,32,34-35,37-59H2,1-3H3/b10-7-,12-9-,19-16-,21-18-,26-23-,28-25-,31-29-,36-33-. The molecule has 0 aliphatic heterocycles. The van der Waals surface area contributed by atoms with Crippen LogP contribution in [-0.2, 0) is 28.6 Å². The van der Waals surface area contributed by atoms with Gasteiger partial charge in [0, 0.05) is 19.3 Å². The summed E-state index contributed by atoms with van der Waals surface area (Å²) < 4.78 is 16.9. The highest BCUT2D eigenvalue weighted by Gasteiger charge is 2.19. The van der Waals surface area contributed by atoms with Crippen molar-refractivity contribution in [2.75, 3.05) is 13.2 Å². The highest BCUT2D eigenvalue weighted by molar-refractivity contribution is 5.71. The van der Waals surface area contributed by atoms with E-state index in [0.29, 0.717) is 19.3 Å². The molecule has 0 amide bonds. The maximum Gasteiger partial charge on any atom is 0.306 e. The fraction of sp³-hybridized carbons (Fsp3) is 0.698. The van der Waals surface area contributed by atoms with E-state index in [1.807, 2.05) is 0 Å². The van der Waals surface area contributed by atoms with Gasteiger partial charge >= 0.3 is 17.9 Å². The van der Waals surface area contributed by atoms with Gasteiger partial charge in [0.05, 0.1) is 0 Å². The minimum Gasteiger partial charge on any atom is -0.462 e. The first-order valence-electron chi connectivity index (χ1n) is 28.8. The summed E-state index contributed by atoms with van der Waals surface area (Å²) in [5.41, 5.74) is 0. The Labute approximate surface area is 426 Å². The van der Waals surface area contributed by atoms with Gasteiger partial charge in [0.1, 0.15) is 13.2 Å². The van der Waals surface area contributed by atoms with E-state index in [1.54, 1.807) is 0 Å².